The van der Waals surface area contributed by atoms with E-state index in [-0.39, 0.29) is 0 Å². The van der Waals surface area contributed by atoms with E-state index in [1.165, 1.54) is 6.33 Å². The highest BCUT2D eigenvalue weighted by Gasteiger charge is 2.06. The van der Waals surface area contributed by atoms with Crippen molar-refractivity contribution >= 4 is 27.6 Å². The highest BCUT2D eigenvalue weighted by atomic mass is 79.9. The largest absolute Gasteiger partial charge is 0.368 e. The Hall–Kier alpha value is -0.920. The van der Waals surface area contributed by atoms with Crippen LogP contribution < -0.4 is 16.6 Å². The van der Waals surface area contributed by atoms with Crippen LogP contribution in [0.25, 0.3) is 0 Å². The molecular weight excluding hydrogens is 272 g/mol. The first-order valence-corrected chi connectivity index (χ1v) is 5.87. The van der Waals surface area contributed by atoms with Crippen molar-refractivity contribution in [1.82, 2.24) is 14.9 Å². The highest BCUT2D eigenvalue weighted by molar-refractivity contribution is 9.10. The van der Waals surface area contributed by atoms with E-state index in [0.717, 1.165) is 29.9 Å². The number of nitrogen functional groups attached to an aromatic ring is 1. The Balaban J connectivity index is 2.54. The number of nitrogens with zero attached hydrogens (tertiary/aromatic N) is 3. The molecule has 0 aliphatic heterocycles. The molecule has 0 fully saturated rings. The van der Waals surface area contributed by atoms with E-state index in [4.69, 9.17) is 5.84 Å². The minimum atomic E-state index is 0.571. The van der Waals surface area contributed by atoms with Gasteiger partial charge in [0.15, 0.2) is 5.82 Å². The fourth-order valence-corrected chi connectivity index (χ4v) is 1.58. The van der Waals surface area contributed by atoms with E-state index in [2.05, 4.69) is 55.5 Å². The Kier molecular flexibility index (Phi) is 5.44. The van der Waals surface area contributed by atoms with Crippen LogP contribution in [0.2, 0.25) is 0 Å². The van der Waals surface area contributed by atoms with Crippen LogP contribution in [0.1, 0.15) is 6.92 Å². The van der Waals surface area contributed by atoms with Gasteiger partial charge in [-0.25, -0.2) is 15.8 Å². The SMILES string of the molecule is CCN(C)CCNc1ncnc(NN)c1Br. The summed E-state index contributed by atoms with van der Waals surface area (Å²) in [5, 5.41) is 3.22. The van der Waals surface area contributed by atoms with Crippen molar-refractivity contribution < 1.29 is 0 Å². The Bertz CT molecular complexity index is 332. The van der Waals surface area contributed by atoms with Crippen LogP contribution in [0, 0.1) is 0 Å². The van der Waals surface area contributed by atoms with Gasteiger partial charge in [0.05, 0.1) is 0 Å². The zero-order valence-electron chi connectivity index (χ0n) is 9.50. The quantitative estimate of drug-likeness (QED) is 0.533. The van der Waals surface area contributed by atoms with Crippen molar-refractivity contribution in [3.05, 3.63) is 10.8 Å². The first kappa shape index (κ1) is 13.1. The second kappa shape index (κ2) is 6.62. The smallest absolute Gasteiger partial charge is 0.159 e. The standard InChI is InChI=1S/C9H17BrN6/c1-3-16(2)5-4-12-8-7(10)9(15-11)14-6-13-8/h6H,3-5,11H2,1-2H3,(H2,12,13,14,15). The van der Waals surface area contributed by atoms with Crippen molar-refractivity contribution in [2.45, 2.75) is 6.92 Å². The van der Waals surface area contributed by atoms with Crippen molar-refractivity contribution in [2.24, 2.45) is 5.84 Å². The summed E-state index contributed by atoms with van der Waals surface area (Å²) in [5.41, 5.74) is 2.50. The minimum absolute atomic E-state index is 0.571. The summed E-state index contributed by atoms with van der Waals surface area (Å²) >= 11 is 3.38. The Morgan fingerprint density at radius 3 is 2.75 bits per heavy atom. The fourth-order valence-electron chi connectivity index (χ4n) is 1.12. The minimum Gasteiger partial charge on any atom is -0.368 e. The topological polar surface area (TPSA) is 79.1 Å². The van der Waals surface area contributed by atoms with Gasteiger partial charge in [-0.15, -0.1) is 0 Å². The molecule has 0 spiro atoms. The maximum absolute atomic E-state index is 5.31. The van der Waals surface area contributed by atoms with Crippen LogP contribution in [0.15, 0.2) is 10.8 Å². The van der Waals surface area contributed by atoms with Crippen molar-refractivity contribution in [3.63, 3.8) is 0 Å². The molecule has 1 aromatic heterocycles. The molecule has 0 bridgehead atoms. The molecule has 0 atom stereocenters. The van der Waals surface area contributed by atoms with Crippen molar-refractivity contribution in [1.29, 1.82) is 0 Å². The number of hydrazine groups is 1. The average Bonchev–Trinajstić information content (AvgIpc) is 2.31. The summed E-state index contributed by atoms with van der Waals surface area (Å²) in [6, 6.07) is 0. The summed E-state index contributed by atoms with van der Waals surface area (Å²) in [4.78, 5) is 10.3. The molecule has 0 saturated heterocycles. The Morgan fingerprint density at radius 2 is 2.12 bits per heavy atom. The zero-order valence-corrected chi connectivity index (χ0v) is 11.1. The van der Waals surface area contributed by atoms with Gasteiger partial charge in [0, 0.05) is 13.1 Å². The van der Waals surface area contributed by atoms with Gasteiger partial charge in [-0.2, -0.15) is 0 Å². The maximum Gasteiger partial charge on any atom is 0.159 e. The molecule has 90 valence electrons. The number of nitrogens with one attached hydrogen (secondary N) is 2. The lowest BCUT2D eigenvalue weighted by atomic mass is 10.5. The molecular formula is C9H17BrN6. The molecule has 1 heterocycles. The van der Waals surface area contributed by atoms with Crippen LogP contribution >= 0.6 is 15.9 Å². The number of hydrogen-bond acceptors (Lipinski definition) is 6. The molecule has 7 heteroatoms. The number of anilines is 2. The molecule has 0 aromatic carbocycles. The molecule has 6 nitrogen and oxygen atoms in total. The molecule has 1 rings (SSSR count). The van der Waals surface area contributed by atoms with Gasteiger partial charge in [0.1, 0.15) is 16.6 Å². The van der Waals surface area contributed by atoms with Gasteiger partial charge in [0.2, 0.25) is 0 Å². The van der Waals surface area contributed by atoms with Gasteiger partial charge < -0.3 is 15.6 Å². The Morgan fingerprint density at radius 1 is 1.44 bits per heavy atom. The van der Waals surface area contributed by atoms with E-state index >= 15 is 0 Å². The predicted octanol–water partition coefficient (Wildman–Crippen LogP) is 0.888. The third-order valence-corrected chi connectivity index (χ3v) is 3.00. The van der Waals surface area contributed by atoms with Gasteiger partial charge >= 0.3 is 0 Å². The third-order valence-electron chi connectivity index (χ3n) is 2.25. The average molecular weight is 289 g/mol. The van der Waals surface area contributed by atoms with Gasteiger partial charge in [-0.05, 0) is 29.5 Å². The molecule has 16 heavy (non-hydrogen) atoms. The van der Waals surface area contributed by atoms with E-state index < -0.39 is 0 Å². The van der Waals surface area contributed by atoms with Crippen LogP contribution in [0.5, 0.6) is 0 Å². The number of likely N-dealkylation sites (N-methyl/N-ethyl adjacent to an activating group) is 1. The molecule has 0 amide bonds. The van der Waals surface area contributed by atoms with Gasteiger partial charge in [0.25, 0.3) is 0 Å². The predicted molar refractivity (Wildman–Crippen MR) is 69.2 cm³/mol. The Labute approximate surface area is 104 Å². The van der Waals surface area contributed by atoms with Crippen molar-refractivity contribution in [3.8, 4) is 0 Å². The molecule has 0 unspecified atom stereocenters. The number of rotatable bonds is 6. The molecule has 0 radical (unpaired) electrons. The second-order valence-electron chi connectivity index (χ2n) is 3.35. The van der Waals surface area contributed by atoms with Crippen LogP contribution in [-0.2, 0) is 0 Å². The van der Waals surface area contributed by atoms with E-state index in [1.54, 1.807) is 0 Å². The van der Waals surface area contributed by atoms with E-state index in [0.29, 0.717) is 5.82 Å². The fraction of sp³-hybridized carbons (Fsp3) is 0.556. The normalized spacial score (nSPS) is 10.6. The molecule has 0 saturated carbocycles. The van der Waals surface area contributed by atoms with Gasteiger partial charge in [-0.1, -0.05) is 6.92 Å². The number of hydrogen-bond donors (Lipinski definition) is 3. The number of nitrogens with two attached hydrogens (primary N) is 1. The molecule has 1 aromatic rings. The number of halogens is 1. The zero-order chi connectivity index (χ0) is 12.0. The second-order valence-corrected chi connectivity index (χ2v) is 4.14. The first-order chi connectivity index (χ1) is 7.69. The van der Waals surface area contributed by atoms with E-state index in [9.17, 15) is 0 Å². The van der Waals surface area contributed by atoms with Crippen LogP contribution in [0.4, 0.5) is 11.6 Å². The molecule has 0 aliphatic carbocycles. The lowest BCUT2D eigenvalue weighted by Gasteiger charge is -2.15. The summed E-state index contributed by atoms with van der Waals surface area (Å²) < 4.78 is 0.747. The molecule has 0 aliphatic rings. The third kappa shape index (κ3) is 3.58. The lowest BCUT2D eigenvalue weighted by Crippen LogP contribution is -2.25. The summed E-state index contributed by atoms with van der Waals surface area (Å²) in [6.45, 7) is 4.93. The monoisotopic (exact) mass is 288 g/mol. The maximum atomic E-state index is 5.31. The molecule has 4 N–H and O–H groups in total. The summed E-state index contributed by atoms with van der Waals surface area (Å²) in [7, 11) is 2.07. The highest BCUT2D eigenvalue weighted by Crippen LogP contribution is 2.25. The van der Waals surface area contributed by atoms with Crippen LogP contribution in [0.3, 0.4) is 0 Å². The number of aromatic nitrogens is 2. The first-order valence-electron chi connectivity index (χ1n) is 5.08. The van der Waals surface area contributed by atoms with Crippen molar-refractivity contribution in [2.75, 3.05) is 37.4 Å². The summed E-state index contributed by atoms with van der Waals surface area (Å²) in [5.74, 6) is 6.63. The van der Waals surface area contributed by atoms with Crippen LogP contribution in [-0.4, -0.2) is 41.5 Å². The van der Waals surface area contributed by atoms with E-state index in [1.807, 2.05) is 0 Å². The van der Waals surface area contributed by atoms with Gasteiger partial charge in [-0.3, -0.25) is 0 Å². The summed E-state index contributed by atoms with van der Waals surface area (Å²) in [6.07, 6.45) is 1.46. The lowest BCUT2D eigenvalue weighted by molar-refractivity contribution is 0.367.